The van der Waals surface area contributed by atoms with E-state index in [-0.39, 0.29) is 35.5 Å². The van der Waals surface area contributed by atoms with E-state index >= 15 is 0 Å². The number of carbonyl (C=O) groups excluding carboxylic acids is 3. The summed E-state index contributed by atoms with van der Waals surface area (Å²) in [7, 11) is 0. The normalized spacial score (nSPS) is 23.7. The molecule has 2 aromatic carbocycles. The number of anilines is 2. The molecule has 0 saturated carbocycles. The van der Waals surface area contributed by atoms with Gasteiger partial charge in [-0.25, -0.2) is 0 Å². The van der Waals surface area contributed by atoms with Crippen LogP contribution in [0.25, 0.3) is 11.1 Å². The molecule has 4 aliphatic rings. The molecule has 4 aliphatic carbocycles. The number of esters is 1. The second-order valence-corrected chi connectivity index (χ2v) is 11.5. The molecular weight excluding hydrogens is 500 g/mol. The SMILES string of the molecule is O=C(CC1C=CCC1)Nc1ccc2c(c1)C(OC(=O)CC1C=CCC1)c1cc(NC(=O)CC3C=CCC3)ccc1-2. The molecule has 0 aliphatic heterocycles. The van der Waals surface area contributed by atoms with E-state index in [0.717, 1.165) is 60.8 Å². The van der Waals surface area contributed by atoms with Crippen molar-refractivity contribution in [1.82, 2.24) is 0 Å². The number of benzene rings is 2. The lowest BCUT2D eigenvalue weighted by atomic mass is 10.0. The molecule has 2 amide bonds. The van der Waals surface area contributed by atoms with Crippen molar-refractivity contribution in [2.24, 2.45) is 17.8 Å². The number of rotatable bonds is 9. The number of amides is 2. The van der Waals surface area contributed by atoms with Crippen molar-refractivity contribution >= 4 is 29.2 Å². The molecule has 0 heterocycles. The van der Waals surface area contributed by atoms with Gasteiger partial charge in [0.15, 0.2) is 6.10 Å². The molecule has 0 radical (unpaired) electrons. The Labute approximate surface area is 235 Å². The zero-order chi connectivity index (χ0) is 27.5. The van der Waals surface area contributed by atoms with Crippen molar-refractivity contribution in [3.8, 4) is 11.1 Å². The lowest BCUT2D eigenvalue weighted by Crippen LogP contribution is -2.16. The topological polar surface area (TPSA) is 84.5 Å². The second kappa shape index (κ2) is 11.7. The van der Waals surface area contributed by atoms with E-state index in [4.69, 9.17) is 4.74 Å². The van der Waals surface area contributed by atoms with Gasteiger partial charge in [0, 0.05) is 35.3 Å². The number of carbonyl (C=O) groups is 3. The van der Waals surface area contributed by atoms with Gasteiger partial charge < -0.3 is 15.4 Å². The third-order valence-electron chi connectivity index (χ3n) is 8.44. The minimum atomic E-state index is -0.605. The van der Waals surface area contributed by atoms with Gasteiger partial charge in [-0.15, -0.1) is 0 Å². The standard InChI is InChI=1S/C34H36N2O4/c37-31(17-22-7-1-2-8-22)35-25-13-15-27-28-16-14-26(36-32(38)18-23-9-3-4-10-23)21-30(28)34(29(27)20-25)40-33(39)19-24-11-5-6-12-24/h1,3,5,7,9,11,13-16,20-24,34H,2,4,6,8,10,12,17-19H2,(H,35,37)(H,36,38). The summed E-state index contributed by atoms with van der Waals surface area (Å²) >= 11 is 0. The first kappa shape index (κ1) is 26.3. The van der Waals surface area contributed by atoms with Crippen molar-refractivity contribution in [3.05, 3.63) is 84.0 Å². The van der Waals surface area contributed by atoms with Gasteiger partial charge >= 0.3 is 5.97 Å². The number of nitrogens with one attached hydrogen (secondary N) is 2. The van der Waals surface area contributed by atoms with E-state index in [1.165, 1.54) is 0 Å². The highest BCUT2D eigenvalue weighted by atomic mass is 16.5. The average molecular weight is 537 g/mol. The fourth-order valence-electron chi connectivity index (χ4n) is 6.39. The molecule has 3 atom stereocenters. The Morgan fingerprint density at radius 3 is 1.52 bits per heavy atom. The van der Waals surface area contributed by atoms with Gasteiger partial charge in [-0.3, -0.25) is 14.4 Å². The number of hydrogen-bond donors (Lipinski definition) is 2. The molecular formula is C34H36N2O4. The minimum Gasteiger partial charge on any atom is -0.452 e. The van der Waals surface area contributed by atoms with Gasteiger partial charge in [-0.2, -0.15) is 0 Å². The van der Waals surface area contributed by atoms with Crippen LogP contribution in [-0.4, -0.2) is 17.8 Å². The molecule has 0 spiro atoms. The number of ether oxygens (including phenoxy) is 1. The Morgan fingerprint density at radius 1 is 0.650 bits per heavy atom. The van der Waals surface area contributed by atoms with Crippen LogP contribution in [0, 0.1) is 17.8 Å². The maximum Gasteiger partial charge on any atom is 0.307 e. The zero-order valence-electron chi connectivity index (χ0n) is 22.7. The van der Waals surface area contributed by atoms with E-state index in [1.54, 1.807) is 0 Å². The molecule has 2 aromatic rings. The Hall–Kier alpha value is -3.93. The molecule has 40 heavy (non-hydrogen) atoms. The Bertz CT molecular complexity index is 1320. The molecule has 0 saturated heterocycles. The maximum atomic E-state index is 13.1. The number of fused-ring (bicyclic) bond motifs is 3. The van der Waals surface area contributed by atoms with E-state index in [9.17, 15) is 14.4 Å². The van der Waals surface area contributed by atoms with Gasteiger partial charge in [0.2, 0.25) is 11.8 Å². The Kier molecular flexibility index (Phi) is 7.67. The van der Waals surface area contributed by atoms with Gasteiger partial charge in [0.05, 0.1) is 6.42 Å². The Balaban J connectivity index is 1.23. The lowest BCUT2D eigenvalue weighted by molar-refractivity contribution is -0.148. The quantitative estimate of drug-likeness (QED) is 0.261. The summed E-state index contributed by atoms with van der Waals surface area (Å²) < 4.78 is 6.14. The predicted octanol–water partition coefficient (Wildman–Crippen LogP) is 7.25. The van der Waals surface area contributed by atoms with Gasteiger partial charge in [-0.05, 0) is 91.7 Å². The summed E-state index contributed by atoms with van der Waals surface area (Å²) in [6.07, 6.45) is 19.4. The van der Waals surface area contributed by atoms with Crippen LogP contribution in [0.3, 0.4) is 0 Å². The van der Waals surface area contributed by atoms with Crippen LogP contribution in [0.15, 0.2) is 72.9 Å². The van der Waals surface area contributed by atoms with Crippen LogP contribution in [0.4, 0.5) is 11.4 Å². The monoisotopic (exact) mass is 536 g/mol. The molecule has 206 valence electrons. The highest BCUT2D eigenvalue weighted by Gasteiger charge is 2.33. The molecule has 0 bridgehead atoms. The number of allylic oxidation sites excluding steroid dienone is 6. The van der Waals surface area contributed by atoms with Crippen molar-refractivity contribution in [1.29, 1.82) is 0 Å². The summed E-state index contributed by atoms with van der Waals surface area (Å²) in [4.78, 5) is 38.5. The molecule has 0 fully saturated rings. The van der Waals surface area contributed by atoms with Gasteiger partial charge in [-0.1, -0.05) is 48.6 Å². The van der Waals surface area contributed by atoms with Crippen LogP contribution >= 0.6 is 0 Å². The van der Waals surface area contributed by atoms with Gasteiger partial charge in [0.25, 0.3) is 0 Å². The average Bonchev–Trinajstić information content (AvgIpc) is 3.74. The zero-order valence-corrected chi connectivity index (χ0v) is 22.7. The summed E-state index contributed by atoms with van der Waals surface area (Å²) in [5, 5.41) is 6.09. The Morgan fingerprint density at radius 2 is 1.10 bits per heavy atom. The third-order valence-corrected chi connectivity index (χ3v) is 8.44. The van der Waals surface area contributed by atoms with Gasteiger partial charge in [0.1, 0.15) is 0 Å². The summed E-state index contributed by atoms with van der Waals surface area (Å²) in [5.41, 5.74) is 5.03. The first-order valence-electron chi connectivity index (χ1n) is 14.6. The summed E-state index contributed by atoms with van der Waals surface area (Å²) in [6.45, 7) is 0. The van der Waals surface area contributed by atoms with E-state index in [2.05, 4.69) is 47.1 Å². The highest BCUT2D eigenvalue weighted by molar-refractivity contribution is 5.94. The molecule has 0 aromatic heterocycles. The van der Waals surface area contributed by atoms with Crippen molar-refractivity contribution in [2.45, 2.75) is 63.9 Å². The second-order valence-electron chi connectivity index (χ2n) is 11.5. The van der Waals surface area contributed by atoms with Crippen LogP contribution in [-0.2, 0) is 19.1 Å². The first-order valence-corrected chi connectivity index (χ1v) is 14.6. The fourth-order valence-corrected chi connectivity index (χ4v) is 6.39. The van der Waals surface area contributed by atoms with E-state index in [1.807, 2.05) is 36.4 Å². The van der Waals surface area contributed by atoms with Crippen molar-refractivity contribution in [2.75, 3.05) is 10.6 Å². The molecule has 6 rings (SSSR count). The van der Waals surface area contributed by atoms with E-state index < -0.39 is 6.10 Å². The largest absolute Gasteiger partial charge is 0.452 e. The van der Waals surface area contributed by atoms with Crippen molar-refractivity contribution < 1.29 is 19.1 Å². The van der Waals surface area contributed by atoms with Crippen LogP contribution in [0.2, 0.25) is 0 Å². The molecule has 3 unspecified atom stereocenters. The van der Waals surface area contributed by atoms with Crippen LogP contribution in [0.1, 0.15) is 75.0 Å². The smallest absolute Gasteiger partial charge is 0.307 e. The molecule has 6 heteroatoms. The van der Waals surface area contributed by atoms with E-state index in [0.29, 0.717) is 30.6 Å². The van der Waals surface area contributed by atoms with Crippen LogP contribution < -0.4 is 10.6 Å². The highest BCUT2D eigenvalue weighted by Crippen LogP contribution is 2.47. The predicted molar refractivity (Wildman–Crippen MR) is 157 cm³/mol. The summed E-state index contributed by atoms with van der Waals surface area (Å²) in [5.74, 6) is 0.501. The molecule has 6 nitrogen and oxygen atoms in total. The van der Waals surface area contributed by atoms with Crippen molar-refractivity contribution in [3.63, 3.8) is 0 Å². The minimum absolute atomic E-state index is 0.0179. The lowest BCUT2D eigenvalue weighted by Gasteiger charge is -2.18. The fraction of sp³-hybridized carbons (Fsp3) is 0.382. The third kappa shape index (κ3) is 5.96. The number of hydrogen-bond acceptors (Lipinski definition) is 4. The maximum absolute atomic E-state index is 13.1. The first-order chi connectivity index (χ1) is 19.5. The summed E-state index contributed by atoms with van der Waals surface area (Å²) in [6, 6.07) is 11.6. The molecule has 2 N–H and O–H groups in total. The van der Waals surface area contributed by atoms with Crippen LogP contribution in [0.5, 0.6) is 0 Å².